The van der Waals surface area contributed by atoms with Crippen LogP contribution < -0.4 is 11.1 Å². The molecule has 7 nitrogen and oxygen atoms in total. The summed E-state index contributed by atoms with van der Waals surface area (Å²) in [6.45, 7) is 3.34. The zero-order valence-electron chi connectivity index (χ0n) is 12.2. The van der Waals surface area contributed by atoms with E-state index in [1.54, 1.807) is 7.11 Å². The van der Waals surface area contributed by atoms with E-state index in [4.69, 9.17) is 20.4 Å². The number of carbonyl (C=O) groups excluding carboxylic acids is 1. The molecule has 1 amide bonds. The molecule has 1 atom stereocenters. The molecule has 0 aromatic heterocycles. The first kappa shape index (κ1) is 16.7. The maximum absolute atomic E-state index is 12.6. The number of rotatable bonds is 7. The number of oxime groups is 1. The van der Waals surface area contributed by atoms with Gasteiger partial charge in [0.15, 0.2) is 5.84 Å². The number of carbonyl (C=O) groups is 1. The van der Waals surface area contributed by atoms with Crippen molar-refractivity contribution in [1.82, 2.24) is 5.32 Å². The van der Waals surface area contributed by atoms with Crippen LogP contribution in [0.2, 0.25) is 0 Å². The second-order valence-electron chi connectivity index (χ2n) is 5.09. The second kappa shape index (κ2) is 8.06. The van der Waals surface area contributed by atoms with Crippen LogP contribution in [0.5, 0.6) is 0 Å². The van der Waals surface area contributed by atoms with Crippen LogP contribution in [0.15, 0.2) is 5.16 Å². The van der Waals surface area contributed by atoms with E-state index in [9.17, 15) is 4.79 Å². The third-order valence-electron chi connectivity index (χ3n) is 3.72. The van der Waals surface area contributed by atoms with Gasteiger partial charge >= 0.3 is 0 Å². The Labute approximate surface area is 119 Å². The molecule has 0 aromatic carbocycles. The van der Waals surface area contributed by atoms with Gasteiger partial charge in [0.25, 0.3) is 0 Å². The van der Waals surface area contributed by atoms with Crippen LogP contribution in [0.25, 0.3) is 0 Å². The lowest BCUT2D eigenvalue weighted by molar-refractivity contribution is -0.132. The Morgan fingerprint density at radius 3 is 2.70 bits per heavy atom. The van der Waals surface area contributed by atoms with Gasteiger partial charge < -0.3 is 25.7 Å². The van der Waals surface area contributed by atoms with Crippen molar-refractivity contribution in [3.8, 4) is 0 Å². The van der Waals surface area contributed by atoms with Gasteiger partial charge in [0.2, 0.25) is 5.91 Å². The molecule has 1 rings (SSSR count). The number of amides is 1. The van der Waals surface area contributed by atoms with Gasteiger partial charge in [0, 0.05) is 20.3 Å². The second-order valence-corrected chi connectivity index (χ2v) is 5.09. The van der Waals surface area contributed by atoms with E-state index in [2.05, 4.69) is 10.5 Å². The summed E-state index contributed by atoms with van der Waals surface area (Å²) in [6.07, 6.45) is 2.59. The number of hydrogen-bond donors (Lipinski definition) is 3. The molecule has 1 unspecified atom stereocenters. The van der Waals surface area contributed by atoms with E-state index in [0.717, 1.165) is 12.8 Å². The fourth-order valence-corrected chi connectivity index (χ4v) is 2.49. The molecule has 1 fully saturated rings. The summed E-state index contributed by atoms with van der Waals surface area (Å²) in [6, 6.07) is -0.0660. The van der Waals surface area contributed by atoms with Crippen molar-refractivity contribution in [1.29, 1.82) is 0 Å². The minimum Gasteiger partial charge on any atom is -0.409 e. The molecule has 20 heavy (non-hydrogen) atoms. The monoisotopic (exact) mass is 287 g/mol. The van der Waals surface area contributed by atoms with Crippen LogP contribution in [0.3, 0.4) is 0 Å². The molecule has 0 aliphatic carbocycles. The Morgan fingerprint density at radius 1 is 1.55 bits per heavy atom. The van der Waals surface area contributed by atoms with Gasteiger partial charge in [-0.1, -0.05) is 18.5 Å². The summed E-state index contributed by atoms with van der Waals surface area (Å²) in [5, 5.41) is 15.0. The SMILES string of the molecule is CCCC(COC)NC(=O)C1(C(N)=NO)CCOCC1. The Balaban J connectivity index is 2.82. The van der Waals surface area contributed by atoms with Gasteiger partial charge in [-0.3, -0.25) is 4.79 Å². The van der Waals surface area contributed by atoms with Gasteiger partial charge in [0.05, 0.1) is 12.6 Å². The predicted molar refractivity (Wildman–Crippen MR) is 74.6 cm³/mol. The first-order chi connectivity index (χ1) is 9.60. The Kier molecular flexibility index (Phi) is 6.74. The third kappa shape index (κ3) is 3.83. The van der Waals surface area contributed by atoms with E-state index >= 15 is 0 Å². The van der Waals surface area contributed by atoms with E-state index in [1.807, 2.05) is 6.92 Å². The smallest absolute Gasteiger partial charge is 0.234 e. The molecule has 0 spiro atoms. The van der Waals surface area contributed by atoms with Gasteiger partial charge in [-0.25, -0.2) is 0 Å². The van der Waals surface area contributed by atoms with Crippen molar-refractivity contribution < 1.29 is 19.5 Å². The van der Waals surface area contributed by atoms with Gasteiger partial charge in [-0.2, -0.15) is 0 Å². The van der Waals surface area contributed by atoms with E-state index < -0.39 is 5.41 Å². The lowest BCUT2D eigenvalue weighted by Crippen LogP contribution is -2.55. The number of nitrogens with one attached hydrogen (secondary N) is 1. The van der Waals surface area contributed by atoms with Gasteiger partial charge in [-0.15, -0.1) is 0 Å². The number of methoxy groups -OCH3 is 1. The maximum atomic E-state index is 12.6. The quantitative estimate of drug-likeness (QED) is 0.273. The Morgan fingerprint density at radius 2 is 2.20 bits per heavy atom. The molecule has 116 valence electrons. The molecule has 4 N–H and O–H groups in total. The standard InChI is InChI=1S/C13H25N3O4/c1-3-4-10(9-19-2)15-12(17)13(11(14)16-18)5-7-20-8-6-13/h10,18H,3-9H2,1-2H3,(H2,14,16)(H,15,17). The Hall–Kier alpha value is -1.34. The summed E-state index contributed by atoms with van der Waals surface area (Å²) < 4.78 is 10.4. The largest absolute Gasteiger partial charge is 0.409 e. The fraction of sp³-hybridized carbons (Fsp3) is 0.846. The summed E-state index contributed by atoms with van der Waals surface area (Å²) in [7, 11) is 1.60. The highest BCUT2D eigenvalue weighted by atomic mass is 16.5. The molecule has 0 radical (unpaired) electrons. The van der Waals surface area contributed by atoms with Crippen molar-refractivity contribution in [2.45, 2.75) is 38.6 Å². The first-order valence-electron chi connectivity index (χ1n) is 6.96. The van der Waals surface area contributed by atoms with Crippen LogP contribution in [0, 0.1) is 5.41 Å². The van der Waals surface area contributed by atoms with Gasteiger partial charge in [-0.05, 0) is 19.3 Å². The fourth-order valence-electron chi connectivity index (χ4n) is 2.49. The molecule has 1 aliphatic heterocycles. The van der Waals surface area contributed by atoms with Gasteiger partial charge in [0.1, 0.15) is 5.41 Å². The van der Waals surface area contributed by atoms with Crippen LogP contribution in [0.1, 0.15) is 32.6 Å². The van der Waals surface area contributed by atoms with Crippen LogP contribution in [0.4, 0.5) is 0 Å². The third-order valence-corrected chi connectivity index (χ3v) is 3.72. The average Bonchev–Trinajstić information content (AvgIpc) is 2.47. The number of amidine groups is 1. The molecule has 0 aromatic rings. The maximum Gasteiger partial charge on any atom is 0.234 e. The first-order valence-corrected chi connectivity index (χ1v) is 6.96. The predicted octanol–water partition coefficient (Wildman–Crippen LogP) is 0.461. The van der Waals surface area contributed by atoms with Crippen molar-refractivity contribution >= 4 is 11.7 Å². The lowest BCUT2D eigenvalue weighted by atomic mass is 9.78. The summed E-state index contributed by atoms with van der Waals surface area (Å²) in [5.41, 5.74) is 4.78. The van der Waals surface area contributed by atoms with Crippen LogP contribution >= 0.6 is 0 Å². The highest BCUT2D eigenvalue weighted by molar-refractivity contribution is 6.06. The highest BCUT2D eigenvalue weighted by Gasteiger charge is 2.45. The van der Waals surface area contributed by atoms with Crippen molar-refractivity contribution in [2.24, 2.45) is 16.3 Å². The summed E-state index contributed by atoms with van der Waals surface area (Å²) >= 11 is 0. The molecule has 0 saturated carbocycles. The highest BCUT2D eigenvalue weighted by Crippen LogP contribution is 2.31. The molecule has 7 heteroatoms. The van der Waals surface area contributed by atoms with Crippen molar-refractivity contribution in [3.05, 3.63) is 0 Å². The van der Waals surface area contributed by atoms with Crippen LogP contribution in [-0.4, -0.2) is 49.9 Å². The number of nitrogens with zero attached hydrogens (tertiary/aromatic N) is 1. The van der Waals surface area contributed by atoms with E-state index in [-0.39, 0.29) is 17.8 Å². The number of hydrogen-bond acceptors (Lipinski definition) is 5. The molecule has 1 aliphatic rings. The molecule has 1 saturated heterocycles. The van der Waals surface area contributed by atoms with E-state index in [0.29, 0.717) is 32.7 Å². The molecule has 1 heterocycles. The summed E-state index contributed by atoms with van der Waals surface area (Å²) in [5.74, 6) is -0.266. The molecular weight excluding hydrogens is 262 g/mol. The number of ether oxygens (including phenoxy) is 2. The summed E-state index contributed by atoms with van der Waals surface area (Å²) in [4.78, 5) is 12.6. The van der Waals surface area contributed by atoms with Crippen LogP contribution in [-0.2, 0) is 14.3 Å². The Bertz CT molecular complexity index is 335. The number of nitrogens with two attached hydrogens (primary N) is 1. The minimum absolute atomic E-state index is 0.0500. The molecule has 0 bridgehead atoms. The topological polar surface area (TPSA) is 106 Å². The van der Waals surface area contributed by atoms with Crippen molar-refractivity contribution in [2.75, 3.05) is 26.9 Å². The zero-order valence-corrected chi connectivity index (χ0v) is 12.2. The normalized spacial score (nSPS) is 20.4. The average molecular weight is 287 g/mol. The zero-order chi connectivity index (χ0) is 15.0. The van der Waals surface area contributed by atoms with E-state index in [1.165, 1.54) is 0 Å². The lowest BCUT2D eigenvalue weighted by Gasteiger charge is -2.35. The van der Waals surface area contributed by atoms with Crippen molar-refractivity contribution in [3.63, 3.8) is 0 Å². The minimum atomic E-state index is -0.979. The molecular formula is C13H25N3O4.